The zero-order valence-electron chi connectivity index (χ0n) is 26.6. The molecule has 3 heteroatoms. The Labute approximate surface area is 283 Å². The van der Waals surface area contributed by atoms with Crippen molar-refractivity contribution in [3.8, 4) is 16.8 Å². The lowest BCUT2D eigenvalue weighted by Crippen LogP contribution is -2.11. The van der Waals surface area contributed by atoms with Gasteiger partial charge in [-0.3, -0.25) is 0 Å². The largest absolute Gasteiger partial charge is 0.456 e. The first kappa shape index (κ1) is 27.5. The van der Waals surface area contributed by atoms with Crippen molar-refractivity contribution in [2.45, 2.75) is 0 Å². The van der Waals surface area contributed by atoms with Gasteiger partial charge < -0.3 is 13.9 Å². The smallest absolute Gasteiger partial charge is 0.136 e. The summed E-state index contributed by atoms with van der Waals surface area (Å²) in [6.07, 6.45) is 0. The molecule has 2 aromatic heterocycles. The quantitative estimate of drug-likeness (QED) is 0.190. The molecule has 0 spiro atoms. The molecule has 0 atom stereocenters. The molecule has 0 amide bonds. The van der Waals surface area contributed by atoms with Gasteiger partial charge in [-0.05, 0) is 83.2 Å². The molecule has 0 aliphatic carbocycles. The van der Waals surface area contributed by atoms with Crippen LogP contribution < -0.4 is 4.90 Å². The van der Waals surface area contributed by atoms with Crippen LogP contribution in [0.3, 0.4) is 0 Å². The van der Waals surface area contributed by atoms with Crippen molar-refractivity contribution in [2.24, 2.45) is 0 Å². The molecule has 10 rings (SSSR count). The zero-order valence-corrected chi connectivity index (χ0v) is 26.6. The summed E-state index contributed by atoms with van der Waals surface area (Å²) in [6.45, 7) is 0. The Kier molecular flexibility index (Phi) is 6.18. The third-order valence-corrected chi connectivity index (χ3v) is 9.74. The molecular weight excluding hydrogens is 597 g/mol. The third-order valence-electron chi connectivity index (χ3n) is 9.74. The van der Waals surface area contributed by atoms with Gasteiger partial charge in [0.25, 0.3) is 0 Å². The van der Waals surface area contributed by atoms with Crippen molar-refractivity contribution in [1.82, 2.24) is 4.57 Å². The first-order valence-electron chi connectivity index (χ1n) is 16.7. The molecule has 230 valence electrons. The molecule has 3 nitrogen and oxygen atoms in total. The molecule has 0 radical (unpaired) electrons. The Morgan fingerprint density at radius 3 is 1.96 bits per heavy atom. The summed E-state index contributed by atoms with van der Waals surface area (Å²) in [6, 6.07) is 65.1. The molecule has 0 aliphatic heterocycles. The van der Waals surface area contributed by atoms with E-state index >= 15 is 0 Å². The number of fused-ring (bicyclic) bond motifs is 7. The lowest BCUT2D eigenvalue weighted by atomic mass is 10.0. The van der Waals surface area contributed by atoms with E-state index in [1.165, 1.54) is 27.4 Å². The third kappa shape index (κ3) is 4.44. The highest BCUT2D eigenvalue weighted by atomic mass is 16.3. The summed E-state index contributed by atoms with van der Waals surface area (Å²) in [4.78, 5) is 2.41. The molecule has 0 unspecified atom stereocenters. The number of hydrogen-bond acceptors (Lipinski definition) is 2. The minimum Gasteiger partial charge on any atom is -0.456 e. The average molecular weight is 627 g/mol. The van der Waals surface area contributed by atoms with Crippen LogP contribution in [-0.2, 0) is 0 Å². The van der Waals surface area contributed by atoms with Gasteiger partial charge in [0, 0.05) is 44.0 Å². The van der Waals surface area contributed by atoms with Gasteiger partial charge in [0.15, 0.2) is 0 Å². The Balaban J connectivity index is 1.27. The van der Waals surface area contributed by atoms with E-state index in [9.17, 15) is 0 Å². The van der Waals surface area contributed by atoms with Crippen molar-refractivity contribution in [1.29, 1.82) is 0 Å². The number of furan rings is 1. The van der Waals surface area contributed by atoms with E-state index in [0.29, 0.717) is 0 Å². The van der Waals surface area contributed by atoms with Crippen molar-refractivity contribution < 1.29 is 4.42 Å². The van der Waals surface area contributed by atoms with E-state index in [0.717, 1.165) is 61.0 Å². The van der Waals surface area contributed by atoms with Crippen molar-refractivity contribution >= 4 is 71.6 Å². The number of anilines is 3. The first-order chi connectivity index (χ1) is 24.3. The minimum absolute atomic E-state index is 0.900. The van der Waals surface area contributed by atoms with Gasteiger partial charge in [0.05, 0.1) is 16.7 Å². The Bertz CT molecular complexity index is 2830. The van der Waals surface area contributed by atoms with Crippen molar-refractivity contribution in [3.63, 3.8) is 0 Å². The highest BCUT2D eigenvalue weighted by Crippen LogP contribution is 2.44. The van der Waals surface area contributed by atoms with Gasteiger partial charge >= 0.3 is 0 Å². The number of para-hydroxylation sites is 3. The topological polar surface area (TPSA) is 21.3 Å². The van der Waals surface area contributed by atoms with Crippen LogP contribution >= 0.6 is 0 Å². The van der Waals surface area contributed by atoms with Crippen molar-refractivity contribution in [3.05, 3.63) is 182 Å². The lowest BCUT2D eigenvalue weighted by molar-refractivity contribution is 0.669. The predicted molar refractivity (Wildman–Crippen MR) is 206 cm³/mol. The van der Waals surface area contributed by atoms with Crippen molar-refractivity contribution in [2.75, 3.05) is 4.90 Å². The molecule has 0 aliphatic rings. The number of benzene rings is 8. The first-order valence-corrected chi connectivity index (χ1v) is 16.7. The SMILES string of the molecule is c1ccc(-c2cccc(N(c3ccc4c5ccccc5n(-c5ccccc5)c4c3)c3cccc4cc5oc6ccccc6c5cc34)c2)cc1. The summed E-state index contributed by atoms with van der Waals surface area (Å²) in [5, 5.41) is 7.01. The maximum absolute atomic E-state index is 6.31. The molecule has 0 N–H and O–H groups in total. The van der Waals surface area contributed by atoms with Crippen LogP contribution in [0.1, 0.15) is 0 Å². The number of nitrogens with zero attached hydrogens (tertiary/aromatic N) is 2. The normalized spacial score (nSPS) is 11.7. The van der Waals surface area contributed by atoms with Gasteiger partial charge in [0.2, 0.25) is 0 Å². The second-order valence-electron chi connectivity index (χ2n) is 12.6. The molecule has 10 aromatic rings. The summed E-state index contributed by atoms with van der Waals surface area (Å²) >= 11 is 0. The van der Waals surface area contributed by atoms with E-state index in [-0.39, 0.29) is 0 Å². The van der Waals surface area contributed by atoms with Crippen LogP contribution in [0.5, 0.6) is 0 Å². The zero-order chi connectivity index (χ0) is 32.3. The summed E-state index contributed by atoms with van der Waals surface area (Å²) in [5.41, 5.74) is 10.9. The number of hydrogen-bond donors (Lipinski definition) is 0. The highest BCUT2D eigenvalue weighted by molar-refractivity contribution is 6.14. The number of aromatic nitrogens is 1. The molecule has 8 aromatic carbocycles. The van der Waals surface area contributed by atoms with E-state index in [4.69, 9.17) is 4.42 Å². The molecule has 49 heavy (non-hydrogen) atoms. The standard InChI is InChI=1S/C46H30N2O/c1-3-13-31(14-4-1)32-15-11-19-35(27-32)47(43-23-12-16-33-28-46-41(30-40(33)43)39-21-8-10-24-45(39)49-46)36-25-26-38-37-20-7-9-22-42(37)48(44(38)29-36)34-17-5-2-6-18-34/h1-30H. The van der Waals surface area contributed by atoms with Crippen LogP contribution in [-0.4, -0.2) is 4.57 Å². The Morgan fingerprint density at radius 1 is 0.388 bits per heavy atom. The highest BCUT2D eigenvalue weighted by Gasteiger charge is 2.20. The minimum atomic E-state index is 0.900. The molecular formula is C46H30N2O. The predicted octanol–water partition coefficient (Wildman–Crippen LogP) is 13.0. The fourth-order valence-electron chi connectivity index (χ4n) is 7.51. The maximum atomic E-state index is 6.31. The van der Waals surface area contributed by atoms with Gasteiger partial charge in [0.1, 0.15) is 11.2 Å². The fourth-order valence-corrected chi connectivity index (χ4v) is 7.51. The summed E-state index contributed by atoms with van der Waals surface area (Å²) in [5.74, 6) is 0. The van der Waals surface area contributed by atoms with Gasteiger partial charge in [-0.15, -0.1) is 0 Å². The van der Waals surface area contributed by atoms with E-state index in [1.54, 1.807) is 0 Å². The molecule has 0 bridgehead atoms. The monoisotopic (exact) mass is 626 g/mol. The molecule has 2 heterocycles. The van der Waals surface area contributed by atoms with Crippen LogP contribution in [0.2, 0.25) is 0 Å². The summed E-state index contributed by atoms with van der Waals surface area (Å²) in [7, 11) is 0. The van der Waals surface area contributed by atoms with Crippen LogP contribution in [0, 0.1) is 0 Å². The fraction of sp³-hybridized carbons (Fsp3) is 0. The van der Waals surface area contributed by atoms with Gasteiger partial charge in [-0.2, -0.15) is 0 Å². The van der Waals surface area contributed by atoms with Gasteiger partial charge in [-0.25, -0.2) is 0 Å². The van der Waals surface area contributed by atoms with E-state index < -0.39 is 0 Å². The summed E-state index contributed by atoms with van der Waals surface area (Å²) < 4.78 is 8.70. The maximum Gasteiger partial charge on any atom is 0.136 e. The van der Waals surface area contributed by atoms with E-state index in [1.807, 2.05) is 12.1 Å². The van der Waals surface area contributed by atoms with Crippen LogP contribution in [0.25, 0.3) is 71.3 Å². The van der Waals surface area contributed by atoms with Crippen LogP contribution in [0.15, 0.2) is 186 Å². The molecule has 0 saturated heterocycles. The average Bonchev–Trinajstić information content (AvgIpc) is 3.70. The van der Waals surface area contributed by atoms with E-state index in [2.05, 4.69) is 179 Å². The lowest BCUT2D eigenvalue weighted by Gasteiger charge is -2.27. The second kappa shape index (κ2) is 11.0. The molecule has 0 fully saturated rings. The Hall–Kier alpha value is -6.58. The van der Waals surface area contributed by atoms with Gasteiger partial charge in [-0.1, -0.05) is 115 Å². The molecule has 0 saturated carbocycles. The second-order valence-corrected chi connectivity index (χ2v) is 12.6. The Morgan fingerprint density at radius 2 is 1.08 bits per heavy atom. The number of rotatable bonds is 5. The van der Waals surface area contributed by atoms with Crippen LogP contribution in [0.4, 0.5) is 17.1 Å².